The van der Waals surface area contributed by atoms with Crippen LogP contribution in [0, 0.1) is 5.92 Å². The molecule has 1 rings (SSSR count). The van der Waals surface area contributed by atoms with Crippen LogP contribution in [0.4, 0.5) is 0 Å². The van der Waals surface area contributed by atoms with Gasteiger partial charge in [-0.2, -0.15) is 0 Å². The SMILES string of the molecule is C=C[C@H]1CC(=O)N[C@@H]1CO. The van der Waals surface area contributed by atoms with Gasteiger partial charge < -0.3 is 10.4 Å². The first-order chi connectivity index (χ1) is 4.77. The van der Waals surface area contributed by atoms with E-state index >= 15 is 0 Å². The summed E-state index contributed by atoms with van der Waals surface area (Å²) in [6.07, 6.45) is 2.17. The van der Waals surface area contributed by atoms with Crippen molar-refractivity contribution in [3.05, 3.63) is 12.7 Å². The molecule has 0 unspecified atom stereocenters. The highest BCUT2D eigenvalue weighted by atomic mass is 16.3. The maximum absolute atomic E-state index is 10.7. The van der Waals surface area contributed by atoms with Crippen LogP contribution in [0.3, 0.4) is 0 Å². The Hall–Kier alpha value is -0.830. The third-order valence-electron chi connectivity index (χ3n) is 1.78. The van der Waals surface area contributed by atoms with Crippen LogP contribution in [-0.2, 0) is 4.79 Å². The van der Waals surface area contributed by atoms with Crippen molar-refractivity contribution >= 4 is 5.91 Å². The fourth-order valence-corrected chi connectivity index (χ4v) is 1.16. The minimum Gasteiger partial charge on any atom is -0.394 e. The summed E-state index contributed by atoms with van der Waals surface area (Å²) in [6.45, 7) is 3.57. The third-order valence-corrected chi connectivity index (χ3v) is 1.78. The molecule has 0 aromatic rings. The Kier molecular flexibility index (Phi) is 2.06. The third kappa shape index (κ3) is 1.19. The molecule has 1 saturated heterocycles. The smallest absolute Gasteiger partial charge is 0.220 e. The average molecular weight is 141 g/mol. The molecule has 0 aromatic heterocycles. The van der Waals surface area contributed by atoms with Crippen molar-refractivity contribution in [2.75, 3.05) is 6.61 Å². The lowest BCUT2D eigenvalue weighted by atomic mass is 10.0. The molecule has 1 aliphatic rings. The standard InChI is InChI=1S/C7H11NO2/c1-2-5-3-7(10)8-6(5)4-9/h2,5-6,9H,1,3-4H2,(H,8,10)/t5-,6+/m0/s1. The van der Waals surface area contributed by atoms with Gasteiger partial charge in [-0.05, 0) is 0 Å². The van der Waals surface area contributed by atoms with Gasteiger partial charge in [0.05, 0.1) is 12.6 Å². The zero-order valence-electron chi connectivity index (χ0n) is 5.71. The molecule has 1 amide bonds. The van der Waals surface area contributed by atoms with E-state index < -0.39 is 0 Å². The zero-order chi connectivity index (χ0) is 7.56. The van der Waals surface area contributed by atoms with Gasteiger partial charge in [-0.3, -0.25) is 4.79 Å². The second-order valence-corrected chi connectivity index (χ2v) is 2.46. The van der Waals surface area contributed by atoms with E-state index in [0.717, 1.165) is 0 Å². The minimum absolute atomic E-state index is 0.00241. The first-order valence-electron chi connectivity index (χ1n) is 3.30. The number of nitrogens with one attached hydrogen (secondary N) is 1. The first-order valence-corrected chi connectivity index (χ1v) is 3.30. The summed E-state index contributed by atoms with van der Waals surface area (Å²) in [5, 5.41) is 11.4. The van der Waals surface area contributed by atoms with E-state index in [9.17, 15) is 4.79 Å². The molecule has 0 aliphatic carbocycles. The van der Waals surface area contributed by atoms with Crippen molar-refractivity contribution < 1.29 is 9.90 Å². The second-order valence-electron chi connectivity index (χ2n) is 2.46. The average Bonchev–Trinajstić information content (AvgIpc) is 2.30. The van der Waals surface area contributed by atoms with Crippen LogP contribution in [-0.4, -0.2) is 23.7 Å². The van der Waals surface area contributed by atoms with Crippen LogP contribution in [0.5, 0.6) is 0 Å². The van der Waals surface area contributed by atoms with Crippen molar-refractivity contribution in [3.63, 3.8) is 0 Å². The first kappa shape index (κ1) is 7.28. The topological polar surface area (TPSA) is 49.3 Å². The number of rotatable bonds is 2. The fourth-order valence-electron chi connectivity index (χ4n) is 1.16. The number of carbonyl (C=O) groups is 1. The van der Waals surface area contributed by atoms with E-state index in [0.29, 0.717) is 6.42 Å². The molecule has 3 heteroatoms. The van der Waals surface area contributed by atoms with Crippen molar-refractivity contribution in [1.29, 1.82) is 0 Å². The van der Waals surface area contributed by atoms with Gasteiger partial charge in [0.25, 0.3) is 0 Å². The lowest BCUT2D eigenvalue weighted by Gasteiger charge is -2.10. The highest BCUT2D eigenvalue weighted by Gasteiger charge is 2.28. The zero-order valence-corrected chi connectivity index (χ0v) is 5.71. The number of aliphatic hydroxyl groups excluding tert-OH is 1. The molecule has 2 atom stereocenters. The van der Waals surface area contributed by atoms with E-state index in [1.165, 1.54) is 0 Å². The molecular weight excluding hydrogens is 130 g/mol. The summed E-state index contributed by atoms with van der Waals surface area (Å²) in [7, 11) is 0. The van der Waals surface area contributed by atoms with Crippen LogP contribution < -0.4 is 5.32 Å². The quantitative estimate of drug-likeness (QED) is 0.517. The maximum Gasteiger partial charge on any atom is 0.220 e. The van der Waals surface area contributed by atoms with Gasteiger partial charge in [0.2, 0.25) is 5.91 Å². The lowest BCUT2D eigenvalue weighted by Crippen LogP contribution is -2.31. The van der Waals surface area contributed by atoms with Crippen molar-refractivity contribution in [3.8, 4) is 0 Å². The number of hydrogen-bond acceptors (Lipinski definition) is 2. The minimum atomic E-state index is -0.106. The van der Waals surface area contributed by atoms with E-state index in [2.05, 4.69) is 11.9 Å². The predicted octanol–water partition coefficient (Wildman–Crippen LogP) is -0.331. The monoisotopic (exact) mass is 141 g/mol. The van der Waals surface area contributed by atoms with E-state index in [1.807, 2.05) is 0 Å². The van der Waals surface area contributed by atoms with Crippen molar-refractivity contribution in [1.82, 2.24) is 5.32 Å². The highest BCUT2D eigenvalue weighted by Crippen LogP contribution is 2.16. The maximum atomic E-state index is 10.7. The van der Waals surface area contributed by atoms with E-state index in [4.69, 9.17) is 5.11 Å². The summed E-state index contributed by atoms with van der Waals surface area (Å²) in [5.41, 5.74) is 0. The van der Waals surface area contributed by atoms with Crippen LogP contribution >= 0.6 is 0 Å². The summed E-state index contributed by atoms with van der Waals surface area (Å²) in [6, 6.07) is -0.106. The second kappa shape index (κ2) is 2.84. The molecule has 1 fully saturated rings. The predicted molar refractivity (Wildman–Crippen MR) is 37.3 cm³/mol. The van der Waals surface area contributed by atoms with Gasteiger partial charge in [-0.25, -0.2) is 0 Å². The lowest BCUT2D eigenvalue weighted by molar-refractivity contribution is -0.119. The Morgan fingerprint density at radius 3 is 3.00 bits per heavy atom. The molecule has 0 aromatic carbocycles. The summed E-state index contributed by atoms with van der Waals surface area (Å²) in [5.74, 6) is 0.112. The van der Waals surface area contributed by atoms with Gasteiger partial charge in [0.15, 0.2) is 0 Å². The molecule has 0 saturated carbocycles. The molecular formula is C7H11NO2. The van der Waals surface area contributed by atoms with Crippen LogP contribution in [0.2, 0.25) is 0 Å². The van der Waals surface area contributed by atoms with Gasteiger partial charge in [0, 0.05) is 12.3 Å². The molecule has 10 heavy (non-hydrogen) atoms. The highest BCUT2D eigenvalue weighted by molar-refractivity contribution is 5.79. The van der Waals surface area contributed by atoms with Gasteiger partial charge in [-0.15, -0.1) is 6.58 Å². The van der Waals surface area contributed by atoms with Crippen molar-refractivity contribution in [2.24, 2.45) is 5.92 Å². The van der Waals surface area contributed by atoms with E-state index in [-0.39, 0.29) is 24.5 Å². The summed E-state index contributed by atoms with van der Waals surface area (Å²) < 4.78 is 0. The van der Waals surface area contributed by atoms with Crippen LogP contribution in [0.15, 0.2) is 12.7 Å². The normalized spacial score (nSPS) is 31.9. The van der Waals surface area contributed by atoms with E-state index in [1.54, 1.807) is 6.08 Å². The Bertz CT molecular complexity index is 156. The molecule has 1 aliphatic heterocycles. The Labute approximate surface area is 59.7 Å². The fraction of sp³-hybridized carbons (Fsp3) is 0.571. The molecule has 0 bridgehead atoms. The Morgan fingerprint density at radius 2 is 2.60 bits per heavy atom. The molecule has 56 valence electrons. The van der Waals surface area contributed by atoms with Gasteiger partial charge in [0.1, 0.15) is 0 Å². The van der Waals surface area contributed by atoms with Gasteiger partial charge in [-0.1, -0.05) is 6.08 Å². The molecule has 0 radical (unpaired) electrons. The molecule has 0 spiro atoms. The Balaban J connectivity index is 2.56. The summed E-state index contributed by atoms with van der Waals surface area (Å²) >= 11 is 0. The molecule has 3 nitrogen and oxygen atoms in total. The molecule has 2 N–H and O–H groups in total. The van der Waals surface area contributed by atoms with Crippen LogP contribution in [0.25, 0.3) is 0 Å². The van der Waals surface area contributed by atoms with Crippen molar-refractivity contribution in [2.45, 2.75) is 12.5 Å². The number of hydrogen-bond donors (Lipinski definition) is 2. The Morgan fingerprint density at radius 1 is 1.90 bits per heavy atom. The van der Waals surface area contributed by atoms with Crippen LogP contribution in [0.1, 0.15) is 6.42 Å². The largest absolute Gasteiger partial charge is 0.394 e. The van der Waals surface area contributed by atoms with Gasteiger partial charge >= 0.3 is 0 Å². The number of aliphatic hydroxyl groups is 1. The number of carbonyl (C=O) groups excluding carboxylic acids is 1. The summed E-state index contributed by atoms with van der Waals surface area (Å²) in [4.78, 5) is 10.7. The molecule has 1 heterocycles. The number of amides is 1.